The Bertz CT molecular complexity index is 2450. The van der Waals surface area contributed by atoms with E-state index in [4.69, 9.17) is 0 Å². The van der Waals surface area contributed by atoms with E-state index in [1.807, 2.05) is 0 Å². The predicted molar refractivity (Wildman–Crippen MR) is 216 cm³/mol. The van der Waals surface area contributed by atoms with Crippen molar-refractivity contribution in [2.45, 2.75) is 12.8 Å². The Kier molecular flexibility index (Phi) is 7.72. The number of nitrogens with zero attached hydrogens (tertiary/aromatic N) is 1. The van der Waals surface area contributed by atoms with Crippen LogP contribution in [0.25, 0.3) is 49.7 Å². The quantitative estimate of drug-likeness (QED) is 0.119. The molecule has 9 rings (SSSR count). The molecule has 0 radical (unpaired) electrons. The van der Waals surface area contributed by atoms with Gasteiger partial charge in [0.1, 0.15) is 0 Å². The van der Waals surface area contributed by atoms with Crippen molar-refractivity contribution in [3.63, 3.8) is 0 Å². The van der Waals surface area contributed by atoms with Gasteiger partial charge in [-0.15, -0.1) is 0 Å². The van der Waals surface area contributed by atoms with E-state index >= 15 is 0 Å². The lowest BCUT2D eigenvalue weighted by Gasteiger charge is -2.38. The molecule has 0 saturated carbocycles. The Morgan fingerprint density at radius 3 is 1.68 bits per heavy atom. The number of para-hydroxylation sites is 2. The number of aromatic nitrogens is 1. The smallest absolute Gasteiger partial charge is 0.176 e. The summed E-state index contributed by atoms with van der Waals surface area (Å²) in [6.07, 6.45) is 9.15. The molecule has 50 heavy (non-hydrogen) atoms. The Hall–Kier alpha value is -5.96. The molecule has 0 amide bonds. The molecule has 1 heterocycles. The van der Waals surface area contributed by atoms with E-state index in [1.54, 1.807) is 5.20 Å². The largest absolute Gasteiger partial charge is 0.309 e. The van der Waals surface area contributed by atoms with Crippen molar-refractivity contribution in [1.29, 1.82) is 0 Å². The average molecular weight is 656 g/mol. The van der Waals surface area contributed by atoms with Gasteiger partial charge in [0.2, 0.25) is 0 Å². The van der Waals surface area contributed by atoms with Crippen molar-refractivity contribution in [3.8, 4) is 27.9 Å². The second-order valence-electron chi connectivity index (χ2n) is 13.2. The van der Waals surface area contributed by atoms with Gasteiger partial charge < -0.3 is 4.57 Å². The number of fused-ring (bicyclic) bond motifs is 3. The molecule has 8 aromatic rings. The topological polar surface area (TPSA) is 4.93 Å². The molecule has 0 fully saturated rings. The molecule has 238 valence electrons. The van der Waals surface area contributed by atoms with E-state index < -0.39 is 8.07 Å². The third-order valence-electron chi connectivity index (χ3n) is 10.4. The van der Waals surface area contributed by atoms with Crippen molar-refractivity contribution in [2.24, 2.45) is 0 Å². The summed E-state index contributed by atoms with van der Waals surface area (Å²) < 4.78 is 2.46. The first kappa shape index (κ1) is 30.1. The van der Waals surface area contributed by atoms with Crippen LogP contribution in [0.1, 0.15) is 12.8 Å². The molecule has 1 atom stereocenters. The van der Waals surface area contributed by atoms with Gasteiger partial charge in [-0.3, -0.25) is 0 Å². The van der Waals surface area contributed by atoms with Crippen molar-refractivity contribution >= 4 is 45.4 Å². The maximum absolute atomic E-state index is 2.92. The van der Waals surface area contributed by atoms with Gasteiger partial charge in [0.25, 0.3) is 0 Å². The zero-order valence-electron chi connectivity index (χ0n) is 27.9. The summed E-state index contributed by atoms with van der Waals surface area (Å²) in [5.74, 6) is 0. The fourth-order valence-corrected chi connectivity index (χ4v) is 13.6. The minimum atomic E-state index is -2.92. The molecule has 0 bridgehead atoms. The highest BCUT2D eigenvalue weighted by atomic mass is 28.3. The highest BCUT2D eigenvalue weighted by molar-refractivity contribution is 7.17. The number of hydrogen-bond acceptors (Lipinski definition) is 0. The van der Waals surface area contributed by atoms with Crippen molar-refractivity contribution in [1.82, 2.24) is 4.57 Å². The second kappa shape index (κ2) is 12.8. The van der Waals surface area contributed by atoms with Crippen LogP contribution in [-0.2, 0) is 0 Å². The Morgan fingerprint density at radius 2 is 1.04 bits per heavy atom. The van der Waals surface area contributed by atoms with E-state index in [9.17, 15) is 0 Å². The summed E-state index contributed by atoms with van der Waals surface area (Å²) in [5.41, 5.74) is 8.63. The lowest BCUT2D eigenvalue weighted by Crippen LogP contribution is -2.69. The third kappa shape index (κ3) is 5.00. The summed E-state index contributed by atoms with van der Waals surface area (Å²) in [5, 5.41) is 8.45. The molecule has 0 aliphatic heterocycles. The van der Waals surface area contributed by atoms with Crippen molar-refractivity contribution < 1.29 is 0 Å². The van der Waals surface area contributed by atoms with E-state index in [0.717, 1.165) is 12.8 Å². The van der Waals surface area contributed by atoms with Crippen LogP contribution in [0.4, 0.5) is 0 Å². The molecule has 1 nitrogen and oxygen atoms in total. The van der Waals surface area contributed by atoms with Crippen LogP contribution in [0.5, 0.6) is 0 Å². The summed E-state index contributed by atoms with van der Waals surface area (Å²) in [6, 6.07) is 67.6. The molecule has 2 heteroatoms. The fourth-order valence-electron chi connectivity index (χ4n) is 8.25. The van der Waals surface area contributed by atoms with Gasteiger partial charge in [0.15, 0.2) is 8.07 Å². The second-order valence-corrected chi connectivity index (χ2v) is 17.0. The van der Waals surface area contributed by atoms with Gasteiger partial charge >= 0.3 is 0 Å². The Labute approximate surface area is 295 Å². The maximum Gasteiger partial charge on any atom is 0.176 e. The standard InChI is InChI=1S/C48H37NSi/c1-6-19-36(20-7-1)38-33-39(37-21-8-2-9-22-37)35-43(34-38)50(41-25-12-4-13-26-41,42-27-14-5-15-28-42)47-32-18-31-46-48(47)44-29-16-17-30-45(44)49(46)40-23-10-3-11-24-40/h1-14,16-27,29-35H,15,28H2. The summed E-state index contributed by atoms with van der Waals surface area (Å²) in [6.45, 7) is 0. The van der Waals surface area contributed by atoms with E-state index in [0.29, 0.717) is 0 Å². The van der Waals surface area contributed by atoms with Crippen LogP contribution in [0, 0.1) is 0 Å². The normalized spacial score (nSPS) is 14.0. The van der Waals surface area contributed by atoms with Gasteiger partial charge in [0.05, 0.1) is 11.0 Å². The molecular weight excluding hydrogens is 619 g/mol. The summed E-state index contributed by atoms with van der Waals surface area (Å²) in [4.78, 5) is 0. The number of hydrogen-bond donors (Lipinski definition) is 0. The molecule has 0 saturated heterocycles. The lowest BCUT2D eigenvalue weighted by molar-refractivity contribution is 1.01. The minimum absolute atomic E-state index is 1.03. The first-order valence-electron chi connectivity index (χ1n) is 17.6. The highest BCUT2D eigenvalue weighted by Gasteiger charge is 2.45. The van der Waals surface area contributed by atoms with Gasteiger partial charge in [-0.25, -0.2) is 0 Å². The van der Waals surface area contributed by atoms with Gasteiger partial charge in [0, 0.05) is 16.5 Å². The number of benzene rings is 7. The maximum atomic E-state index is 2.52. The first-order valence-corrected chi connectivity index (χ1v) is 19.6. The lowest BCUT2D eigenvalue weighted by atomic mass is 9.99. The predicted octanol–water partition coefficient (Wildman–Crippen LogP) is 10.4. The van der Waals surface area contributed by atoms with Gasteiger partial charge in [-0.05, 0) is 81.0 Å². The molecule has 1 unspecified atom stereocenters. The monoisotopic (exact) mass is 655 g/mol. The molecule has 1 aromatic heterocycles. The number of allylic oxidation sites excluding steroid dienone is 4. The minimum Gasteiger partial charge on any atom is -0.309 e. The van der Waals surface area contributed by atoms with Gasteiger partial charge in [-0.2, -0.15) is 0 Å². The Morgan fingerprint density at radius 1 is 0.460 bits per heavy atom. The summed E-state index contributed by atoms with van der Waals surface area (Å²) >= 11 is 0. The van der Waals surface area contributed by atoms with Crippen LogP contribution in [-0.4, -0.2) is 12.6 Å². The average Bonchev–Trinajstić information content (AvgIpc) is 3.55. The molecule has 1 aliphatic carbocycles. The Balaban J connectivity index is 1.47. The first-order chi connectivity index (χ1) is 24.8. The van der Waals surface area contributed by atoms with E-state index in [-0.39, 0.29) is 0 Å². The zero-order chi connectivity index (χ0) is 33.3. The number of rotatable bonds is 7. The van der Waals surface area contributed by atoms with Crippen LogP contribution in [0.15, 0.2) is 205 Å². The van der Waals surface area contributed by atoms with Gasteiger partial charge in [-0.1, -0.05) is 175 Å². The van der Waals surface area contributed by atoms with Crippen molar-refractivity contribution in [2.75, 3.05) is 0 Å². The highest BCUT2D eigenvalue weighted by Crippen LogP contribution is 2.36. The van der Waals surface area contributed by atoms with E-state index in [1.165, 1.54) is 65.3 Å². The van der Waals surface area contributed by atoms with Crippen LogP contribution in [0.2, 0.25) is 0 Å². The fraction of sp³-hybridized carbons (Fsp3) is 0.0417. The molecule has 7 aromatic carbocycles. The van der Waals surface area contributed by atoms with Crippen molar-refractivity contribution in [3.05, 3.63) is 205 Å². The van der Waals surface area contributed by atoms with Crippen LogP contribution >= 0.6 is 0 Å². The van der Waals surface area contributed by atoms with Crippen LogP contribution < -0.4 is 15.6 Å². The molecule has 1 aliphatic rings. The third-order valence-corrected chi connectivity index (χ3v) is 15.4. The van der Waals surface area contributed by atoms with Crippen LogP contribution in [0.3, 0.4) is 0 Å². The molecule has 0 N–H and O–H groups in total. The van der Waals surface area contributed by atoms with E-state index in [2.05, 4.69) is 205 Å². The zero-order valence-corrected chi connectivity index (χ0v) is 28.9. The SMILES string of the molecule is C1=CCCC([Si](c2ccccc2)(c2cc(-c3ccccc3)cc(-c3ccccc3)c2)c2cccc3c2c2ccccc2n3-c2ccccc2)=C1. The molecular formula is C48H37NSi. The summed E-state index contributed by atoms with van der Waals surface area (Å²) in [7, 11) is -2.92. The molecule has 0 spiro atoms.